The molecule has 1 fully saturated rings. The van der Waals surface area contributed by atoms with Crippen LogP contribution in [0.1, 0.15) is 23.6 Å². The van der Waals surface area contributed by atoms with Gasteiger partial charge in [-0.05, 0) is 36.2 Å². The van der Waals surface area contributed by atoms with E-state index in [0.29, 0.717) is 12.1 Å². The zero-order chi connectivity index (χ0) is 24.9. The Morgan fingerprint density at radius 3 is 1.92 bits per heavy atom. The van der Waals surface area contributed by atoms with Gasteiger partial charge in [0.2, 0.25) is 0 Å². The lowest BCUT2D eigenvalue weighted by molar-refractivity contribution is 0.108. The van der Waals surface area contributed by atoms with Crippen LogP contribution in [0.25, 0.3) is 11.0 Å². The highest BCUT2D eigenvalue weighted by Gasteiger charge is 2.26. The summed E-state index contributed by atoms with van der Waals surface area (Å²) in [4.78, 5) is 30.4. The lowest BCUT2D eigenvalue weighted by Gasteiger charge is -2.39. The van der Waals surface area contributed by atoms with Crippen LogP contribution >= 0.6 is 0 Å². The number of hydrogen-bond donors (Lipinski definition) is 1. The van der Waals surface area contributed by atoms with Gasteiger partial charge in [-0.2, -0.15) is 0 Å². The number of carbonyl (C=O) groups excluding carboxylic acids is 1. The van der Waals surface area contributed by atoms with Crippen LogP contribution in [-0.4, -0.2) is 64.7 Å². The molecule has 1 N–H and O–H groups in total. The summed E-state index contributed by atoms with van der Waals surface area (Å²) in [6.07, 6.45) is 0.850. The Balaban J connectivity index is 1.23. The smallest absolute Gasteiger partial charge is 0.337 e. The first-order valence-corrected chi connectivity index (χ1v) is 12.7. The van der Waals surface area contributed by atoms with Gasteiger partial charge in [0.25, 0.3) is 0 Å². The van der Waals surface area contributed by atoms with Gasteiger partial charge in [-0.3, -0.25) is 9.47 Å². The molecule has 2 heterocycles. The topological polar surface area (TPSA) is 62.5 Å². The zero-order valence-corrected chi connectivity index (χ0v) is 20.7. The van der Waals surface area contributed by atoms with E-state index in [1.807, 2.05) is 24.3 Å². The van der Waals surface area contributed by atoms with Gasteiger partial charge in [0.05, 0.1) is 17.1 Å². The number of hydrogen-bond acceptors (Lipinski definition) is 4. The number of rotatable bonds is 7. The molecule has 7 nitrogen and oxygen atoms in total. The van der Waals surface area contributed by atoms with Gasteiger partial charge >= 0.3 is 11.7 Å². The molecule has 4 aromatic rings. The van der Waals surface area contributed by atoms with Crippen molar-refractivity contribution < 1.29 is 4.79 Å². The molecule has 0 spiro atoms. The van der Waals surface area contributed by atoms with E-state index in [0.717, 1.165) is 44.7 Å². The molecule has 0 unspecified atom stereocenters. The molecule has 1 saturated heterocycles. The molecule has 1 aliphatic rings. The standard InChI is InChI=1S/C29H33N5O2/c1-30-28(35)34-26-16-9-8-15-25(26)33(29(34)36)18-10-17-31-19-21-32(22-20-31)27(23-11-4-2-5-12-23)24-13-6-3-7-14-24/h2-9,11-16,27H,10,17-22H2,1H3,(H,30,35). The van der Waals surface area contributed by atoms with Crippen molar-refractivity contribution in [1.29, 1.82) is 0 Å². The highest BCUT2D eigenvalue weighted by Crippen LogP contribution is 2.29. The summed E-state index contributed by atoms with van der Waals surface area (Å²) < 4.78 is 2.95. The number of nitrogens with zero attached hydrogens (tertiary/aromatic N) is 4. The van der Waals surface area contributed by atoms with E-state index in [2.05, 4.69) is 75.8 Å². The average molecular weight is 484 g/mol. The number of piperazine rings is 1. The van der Waals surface area contributed by atoms with Crippen LogP contribution in [0.15, 0.2) is 89.7 Å². The summed E-state index contributed by atoms with van der Waals surface area (Å²) in [7, 11) is 1.54. The second kappa shape index (κ2) is 10.9. The normalized spacial score (nSPS) is 14.9. The summed E-state index contributed by atoms with van der Waals surface area (Å²) in [6, 6.07) is 28.8. The molecule has 1 aliphatic heterocycles. The van der Waals surface area contributed by atoms with Gasteiger partial charge in [0.1, 0.15) is 0 Å². The minimum absolute atomic E-state index is 0.254. The molecule has 0 atom stereocenters. The minimum atomic E-state index is -0.405. The van der Waals surface area contributed by atoms with Crippen LogP contribution in [0.5, 0.6) is 0 Å². The predicted octanol–water partition coefficient (Wildman–Crippen LogP) is 3.79. The summed E-state index contributed by atoms with van der Waals surface area (Å²) in [5.41, 5.74) is 3.80. The van der Waals surface area contributed by atoms with Crippen molar-refractivity contribution >= 4 is 17.1 Å². The molecule has 5 rings (SSSR count). The maximum atomic E-state index is 13.0. The lowest BCUT2D eigenvalue weighted by Crippen LogP contribution is -2.48. The summed E-state index contributed by atoms with van der Waals surface area (Å²) in [6.45, 7) is 5.46. The second-order valence-corrected chi connectivity index (χ2v) is 9.27. The molecule has 7 heteroatoms. The first-order chi connectivity index (χ1) is 17.7. The number of benzene rings is 3. The van der Waals surface area contributed by atoms with Crippen molar-refractivity contribution in [2.24, 2.45) is 0 Å². The van der Waals surface area contributed by atoms with Gasteiger partial charge < -0.3 is 10.2 Å². The Morgan fingerprint density at radius 2 is 1.33 bits per heavy atom. The Bertz CT molecular complexity index is 1320. The number of carbonyl (C=O) groups is 1. The first-order valence-electron chi connectivity index (χ1n) is 12.7. The van der Waals surface area contributed by atoms with E-state index < -0.39 is 6.03 Å². The van der Waals surface area contributed by atoms with Crippen LogP contribution in [0.4, 0.5) is 4.79 Å². The maximum Gasteiger partial charge on any atom is 0.337 e. The average Bonchev–Trinajstić information content (AvgIpc) is 3.21. The van der Waals surface area contributed by atoms with E-state index in [4.69, 9.17) is 0 Å². The van der Waals surface area contributed by atoms with Crippen molar-refractivity contribution in [2.75, 3.05) is 39.8 Å². The number of imidazole rings is 1. The van der Waals surface area contributed by atoms with E-state index in [9.17, 15) is 9.59 Å². The second-order valence-electron chi connectivity index (χ2n) is 9.27. The Kier molecular flexibility index (Phi) is 7.30. The van der Waals surface area contributed by atoms with Gasteiger partial charge in [-0.15, -0.1) is 0 Å². The maximum absolute atomic E-state index is 13.0. The van der Waals surface area contributed by atoms with Crippen molar-refractivity contribution in [3.63, 3.8) is 0 Å². The number of aromatic nitrogens is 2. The fourth-order valence-electron chi connectivity index (χ4n) is 5.31. The quantitative estimate of drug-likeness (QED) is 0.435. The van der Waals surface area contributed by atoms with Crippen molar-refractivity contribution in [3.05, 3.63) is 107 Å². The molecule has 3 aromatic carbocycles. The van der Waals surface area contributed by atoms with Gasteiger partial charge in [-0.1, -0.05) is 72.8 Å². The van der Waals surface area contributed by atoms with Crippen LogP contribution in [0, 0.1) is 0 Å². The third-order valence-electron chi connectivity index (χ3n) is 7.11. The first kappa shape index (κ1) is 24.0. The van der Waals surface area contributed by atoms with Crippen molar-refractivity contribution in [2.45, 2.75) is 19.0 Å². The number of nitrogens with one attached hydrogen (secondary N) is 1. The molecule has 0 saturated carbocycles. The predicted molar refractivity (Wildman–Crippen MR) is 143 cm³/mol. The summed E-state index contributed by atoms with van der Waals surface area (Å²) in [5, 5.41) is 2.57. The highest BCUT2D eigenvalue weighted by molar-refractivity contribution is 5.89. The largest absolute Gasteiger partial charge is 0.340 e. The Labute approximate surface area is 211 Å². The Morgan fingerprint density at radius 1 is 0.778 bits per heavy atom. The van der Waals surface area contributed by atoms with E-state index in [-0.39, 0.29) is 11.7 Å². The molecule has 0 aliphatic carbocycles. The molecular weight excluding hydrogens is 450 g/mol. The minimum Gasteiger partial charge on any atom is -0.340 e. The summed E-state index contributed by atoms with van der Waals surface area (Å²) >= 11 is 0. The van der Waals surface area contributed by atoms with E-state index in [1.165, 1.54) is 15.7 Å². The highest BCUT2D eigenvalue weighted by atomic mass is 16.2. The molecule has 0 bridgehead atoms. The van der Waals surface area contributed by atoms with Crippen LogP contribution < -0.4 is 11.0 Å². The van der Waals surface area contributed by atoms with Gasteiger partial charge in [0, 0.05) is 39.8 Å². The lowest BCUT2D eigenvalue weighted by atomic mass is 9.96. The monoisotopic (exact) mass is 483 g/mol. The van der Waals surface area contributed by atoms with Crippen LogP contribution in [-0.2, 0) is 6.54 Å². The van der Waals surface area contributed by atoms with E-state index >= 15 is 0 Å². The van der Waals surface area contributed by atoms with Crippen molar-refractivity contribution in [3.8, 4) is 0 Å². The number of fused-ring (bicyclic) bond motifs is 1. The molecule has 1 amide bonds. The number of para-hydroxylation sites is 2. The summed E-state index contributed by atoms with van der Waals surface area (Å²) in [5.74, 6) is 0. The van der Waals surface area contributed by atoms with Gasteiger partial charge in [0.15, 0.2) is 0 Å². The molecular formula is C29H33N5O2. The third kappa shape index (κ3) is 4.85. The van der Waals surface area contributed by atoms with Crippen LogP contribution in [0.3, 0.4) is 0 Å². The third-order valence-corrected chi connectivity index (χ3v) is 7.11. The van der Waals surface area contributed by atoms with Crippen molar-refractivity contribution in [1.82, 2.24) is 24.3 Å². The molecule has 36 heavy (non-hydrogen) atoms. The van der Waals surface area contributed by atoms with Gasteiger partial charge in [-0.25, -0.2) is 14.2 Å². The number of aryl methyl sites for hydroxylation is 1. The number of amides is 1. The zero-order valence-electron chi connectivity index (χ0n) is 20.7. The molecule has 186 valence electrons. The SMILES string of the molecule is CNC(=O)n1c(=O)n(CCCN2CCN(C(c3ccccc3)c3ccccc3)CC2)c2ccccc21. The van der Waals surface area contributed by atoms with Crippen LogP contribution in [0.2, 0.25) is 0 Å². The molecule has 1 aromatic heterocycles. The Hall–Kier alpha value is -3.68. The fourth-order valence-corrected chi connectivity index (χ4v) is 5.31. The van der Waals surface area contributed by atoms with E-state index in [1.54, 1.807) is 11.6 Å². The molecule has 0 radical (unpaired) electrons. The fraction of sp³-hybridized carbons (Fsp3) is 0.310.